The number of halogens is 2. The van der Waals surface area contributed by atoms with E-state index in [1.54, 1.807) is 24.3 Å². The molecule has 0 aromatic heterocycles. The van der Waals surface area contributed by atoms with E-state index in [4.69, 9.17) is 21.1 Å². The number of methoxy groups -OCH3 is 1. The van der Waals surface area contributed by atoms with Crippen LogP contribution < -0.4 is 16.0 Å². The fourth-order valence-corrected chi connectivity index (χ4v) is 4.54. The summed E-state index contributed by atoms with van der Waals surface area (Å²) in [5.74, 6) is -0.365. The van der Waals surface area contributed by atoms with E-state index in [-0.39, 0.29) is 30.7 Å². The van der Waals surface area contributed by atoms with E-state index < -0.39 is 18.0 Å². The van der Waals surface area contributed by atoms with Crippen LogP contribution in [0.25, 0.3) is 0 Å². The number of amides is 2. The minimum atomic E-state index is -0.845. The Bertz CT molecular complexity index is 1030. The molecule has 1 aliphatic heterocycles. The molecular weight excluding hydrogens is 501 g/mol. The lowest BCUT2D eigenvalue weighted by molar-refractivity contribution is 0.0478. The molecule has 202 valence electrons. The molecule has 2 aromatic rings. The smallest absolute Gasteiger partial charge is 0.406 e. The molecule has 1 heterocycles. The Morgan fingerprint density at radius 3 is 2.76 bits per heavy atom. The maximum Gasteiger partial charge on any atom is 0.406 e. The van der Waals surface area contributed by atoms with E-state index in [9.17, 15) is 9.59 Å². The molecule has 1 fully saturated rings. The number of likely N-dealkylation sites (N-methyl/N-ethyl adjacent to an activating group) is 1. The summed E-state index contributed by atoms with van der Waals surface area (Å²) in [6.45, 7) is 2.23. The van der Waals surface area contributed by atoms with Gasteiger partial charge >= 0.3 is 6.09 Å². The van der Waals surface area contributed by atoms with Crippen LogP contribution in [-0.2, 0) is 14.2 Å². The van der Waals surface area contributed by atoms with Crippen LogP contribution in [0.15, 0.2) is 42.5 Å². The van der Waals surface area contributed by atoms with Gasteiger partial charge in [0.05, 0.1) is 13.7 Å². The third-order valence-corrected chi connectivity index (χ3v) is 6.56. The van der Waals surface area contributed by atoms with Crippen LogP contribution in [0.5, 0.6) is 0 Å². The van der Waals surface area contributed by atoms with Crippen molar-refractivity contribution in [3.8, 4) is 0 Å². The summed E-state index contributed by atoms with van der Waals surface area (Å²) in [4.78, 5) is 24.3. The highest BCUT2D eigenvalue weighted by molar-refractivity contribution is 6.30. The topological polar surface area (TPSA) is 97.9 Å². The zero-order valence-corrected chi connectivity index (χ0v) is 22.0. The van der Waals surface area contributed by atoms with Crippen LogP contribution in [-0.4, -0.2) is 65.1 Å². The molecule has 0 saturated carbocycles. The van der Waals surface area contributed by atoms with Crippen molar-refractivity contribution in [2.75, 3.05) is 47.1 Å². The number of carbonyl (C=O) groups is 2. The molecule has 10 heteroatoms. The van der Waals surface area contributed by atoms with Crippen LogP contribution in [0.1, 0.15) is 46.9 Å². The average Bonchev–Trinajstić information content (AvgIpc) is 2.91. The first-order valence-electron chi connectivity index (χ1n) is 12.4. The SMILES string of the molecule is CN[C@H](CNC(=O)c1ccc(F)c(C(OCCNC(=O)OC)c2cccc(Cl)c2)c1)C[C@H]1CCCOC1. The molecule has 8 nitrogen and oxygen atoms in total. The molecule has 0 aliphatic carbocycles. The van der Waals surface area contributed by atoms with Gasteiger partial charge in [-0.2, -0.15) is 0 Å². The number of hydrogen-bond donors (Lipinski definition) is 3. The van der Waals surface area contributed by atoms with Crippen LogP contribution in [0.4, 0.5) is 9.18 Å². The van der Waals surface area contributed by atoms with E-state index in [2.05, 4.69) is 20.7 Å². The van der Waals surface area contributed by atoms with E-state index in [0.29, 0.717) is 28.6 Å². The molecule has 3 N–H and O–H groups in total. The molecule has 37 heavy (non-hydrogen) atoms. The maximum atomic E-state index is 15.0. The van der Waals surface area contributed by atoms with Crippen molar-refractivity contribution in [1.82, 2.24) is 16.0 Å². The largest absolute Gasteiger partial charge is 0.453 e. The summed E-state index contributed by atoms with van der Waals surface area (Å²) in [6, 6.07) is 11.2. The van der Waals surface area contributed by atoms with Crippen LogP contribution in [0, 0.1) is 11.7 Å². The summed E-state index contributed by atoms with van der Waals surface area (Å²) >= 11 is 6.17. The van der Waals surface area contributed by atoms with E-state index in [1.807, 2.05) is 7.05 Å². The summed E-state index contributed by atoms with van der Waals surface area (Å²) < 4.78 is 31.1. The number of ether oxygens (including phenoxy) is 3. The quantitative estimate of drug-likeness (QED) is 0.354. The second-order valence-electron chi connectivity index (χ2n) is 8.97. The number of alkyl carbamates (subject to hydrolysis) is 1. The highest BCUT2D eigenvalue weighted by atomic mass is 35.5. The number of benzene rings is 2. The molecule has 3 atom stereocenters. The van der Waals surface area contributed by atoms with Crippen molar-refractivity contribution in [3.63, 3.8) is 0 Å². The Balaban J connectivity index is 1.72. The third-order valence-electron chi connectivity index (χ3n) is 6.32. The molecular formula is C27H35ClFN3O5. The number of nitrogens with one attached hydrogen (secondary N) is 3. The second-order valence-corrected chi connectivity index (χ2v) is 9.41. The summed E-state index contributed by atoms with van der Waals surface area (Å²) in [7, 11) is 3.14. The van der Waals surface area contributed by atoms with Crippen molar-refractivity contribution in [2.24, 2.45) is 5.92 Å². The molecule has 1 unspecified atom stereocenters. The molecule has 2 amide bonds. The van der Waals surface area contributed by atoms with Crippen molar-refractivity contribution in [2.45, 2.75) is 31.4 Å². The van der Waals surface area contributed by atoms with Crippen molar-refractivity contribution in [1.29, 1.82) is 0 Å². The minimum Gasteiger partial charge on any atom is -0.453 e. The zero-order chi connectivity index (χ0) is 26.6. The van der Waals surface area contributed by atoms with Gasteiger partial charge < -0.3 is 30.2 Å². The molecule has 1 aliphatic rings. The summed E-state index contributed by atoms with van der Waals surface area (Å²) in [5, 5.41) is 9.21. The first-order valence-corrected chi connectivity index (χ1v) is 12.8. The number of rotatable bonds is 12. The molecule has 0 bridgehead atoms. The van der Waals surface area contributed by atoms with E-state index >= 15 is 4.39 Å². The van der Waals surface area contributed by atoms with Crippen molar-refractivity contribution in [3.05, 3.63) is 70.0 Å². The Kier molecular flexibility index (Phi) is 11.6. The Labute approximate surface area is 222 Å². The van der Waals surface area contributed by atoms with Gasteiger partial charge in [0.2, 0.25) is 0 Å². The predicted octanol–water partition coefficient (Wildman–Crippen LogP) is 4.08. The van der Waals surface area contributed by atoms with Gasteiger partial charge in [-0.15, -0.1) is 0 Å². The number of carbonyl (C=O) groups excluding carboxylic acids is 2. The van der Waals surface area contributed by atoms with Gasteiger partial charge in [0.15, 0.2) is 0 Å². The van der Waals surface area contributed by atoms with Gasteiger partial charge in [0, 0.05) is 48.5 Å². The lowest BCUT2D eigenvalue weighted by atomic mass is 9.94. The lowest BCUT2D eigenvalue weighted by Gasteiger charge is -2.26. The van der Waals surface area contributed by atoms with Crippen LogP contribution >= 0.6 is 11.6 Å². The standard InChI is InChI=1S/C27H35ClFN3O5/c1-30-22(13-18-5-4-11-36-17-18)16-32-26(33)20-8-9-24(29)23(15-20)25(19-6-3-7-21(28)14-19)37-12-10-31-27(34)35-2/h3,6-9,14-15,18,22,25,30H,4-5,10-13,16-17H2,1-2H3,(H,31,34)(H,32,33)/t18-,22+,25?/m1/s1. The first-order chi connectivity index (χ1) is 17.9. The van der Waals surface area contributed by atoms with Gasteiger partial charge in [0.25, 0.3) is 5.91 Å². The van der Waals surface area contributed by atoms with Crippen LogP contribution in [0.2, 0.25) is 5.02 Å². The monoisotopic (exact) mass is 535 g/mol. The molecule has 3 rings (SSSR count). The Morgan fingerprint density at radius 2 is 2.05 bits per heavy atom. The predicted molar refractivity (Wildman–Crippen MR) is 139 cm³/mol. The minimum absolute atomic E-state index is 0.0802. The Hall–Kier alpha value is -2.72. The van der Waals surface area contributed by atoms with E-state index in [0.717, 1.165) is 32.5 Å². The van der Waals surface area contributed by atoms with E-state index in [1.165, 1.54) is 25.3 Å². The fraction of sp³-hybridized carbons (Fsp3) is 0.481. The average molecular weight is 536 g/mol. The highest BCUT2D eigenvalue weighted by Gasteiger charge is 2.23. The normalized spacial score (nSPS) is 17.0. The molecule has 0 spiro atoms. The van der Waals surface area contributed by atoms with Gasteiger partial charge in [-0.1, -0.05) is 23.7 Å². The van der Waals surface area contributed by atoms with Gasteiger partial charge in [-0.25, -0.2) is 9.18 Å². The van der Waals surface area contributed by atoms with Crippen molar-refractivity contribution >= 4 is 23.6 Å². The second kappa shape index (κ2) is 14.9. The molecule has 2 aromatic carbocycles. The maximum absolute atomic E-state index is 15.0. The molecule has 1 saturated heterocycles. The van der Waals surface area contributed by atoms with Crippen molar-refractivity contribution < 1.29 is 28.2 Å². The Morgan fingerprint density at radius 1 is 1.22 bits per heavy atom. The lowest BCUT2D eigenvalue weighted by Crippen LogP contribution is -2.41. The summed E-state index contributed by atoms with van der Waals surface area (Å²) in [6.07, 6.45) is 1.63. The summed E-state index contributed by atoms with van der Waals surface area (Å²) in [5.41, 5.74) is 1.13. The van der Waals surface area contributed by atoms with Gasteiger partial charge in [0.1, 0.15) is 11.9 Å². The van der Waals surface area contributed by atoms with Gasteiger partial charge in [-0.05, 0) is 68.1 Å². The van der Waals surface area contributed by atoms with Gasteiger partial charge in [-0.3, -0.25) is 4.79 Å². The number of hydrogen-bond acceptors (Lipinski definition) is 6. The highest BCUT2D eigenvalue weighted by Crippen LogP contribution is 2.30. The first kappa shape index (κ1) is 28.8. The molecule has 0 radical (unpaired) electrons. The fourth-order valence-electron chi connectivity index (χ4n) is 4.34. The van der Waals surface area contributed by atoms with Crippen LogP contribution in [0.3, 0.4) is 0 Å². The zero-order valence-electron chi connectivity index (χ0n) is 21.2. The third kappa shape index (κ3) is 8.96.